The highest BCUT2D eigenvalue weighted by molar-refractivity contribution is 8.06. The third-order valence-electron chi connectivity index (χ3n) is 1.84. The lowest BCUT2D eigenvalue weighted by atomic mass is 10.0. The molecule has 0 bridgehead atoms. The monoisotopic (exact) mass is 128 g/mol. The summed E-state index contributed by atoms with van der Waals surface area (Å²) in [6, 6.07) is 0. The van der Waals surface area contributed by atoms with Crippen molar-refractivity contribution in [2.45, 2.75) is 32.4 Å². The van der Waals surface area contributed by atoms with E-state index in [1.807, 2.05) is 11.8 Å². The van der Waals surface area contributed by atoms with Gasteiger partial charge in [0.25, 0.3) is 0 Å². The van der Waals surface area contributed by atoms with E-state index in [0.717, 1.165) is 0 Å². The normalized spacial score (nSPS) is 25.5. The van der Waals surface area contributed by atoms with Crippen LogP contribution in [0.15, 0.2) is 10.5 Å². The first kappa shape index (κ1) is 6.21. The molecule has 0 spiro atoms. The quantitative estimate of drug-likeness (QED) is 0.483. The molecule has 1 aliphatic rings. The van der Waals surface area contributed by atoms with Crippen LogP contribution in [0.25, 0.3) is 0 Å². The van der Waals surface area contributed by atoms with Gasteiger partial charge in [-0.05, 0) is 38.2 Å². The van der Waals surface area contributed by atoms with Gasteiger partial charge < -0.3 is 0 Å². The van der Waals surface area contributed by atoms with Crippen molar-refractivity contribution < 1.29 is 0 Å². The van der Waals surface area contributed by atoms with Crippen LogP contribution in [-0.4, -0.2) is 4.75 Å². The van der Waals surface area contributed by atoms with Crippen LogP contribution in [0.4, 0.5) is 0 Å². The Balaban J connectivity index is 2.80. The van der Waals surface area contributed by atoms with Gasteiger partial charge in [-0.15, -0.1) is 11.8 Å². The molecule has 0 saturated heterocycles. The molecule has 0 nitrogen and oxygen atoms in total. The van der Waals surface area contributed by atoms with Gasteiger partial charge in [0.15, 0.2) is 0 Å². The minimum atomic E-state index is 0.448. The van der Waals surface area contributed by atoms with Gasteiger partial charge in [-0.25, -0.2) is 0 Å². The highest BCUT2D eigenvalue weighted by Gasteiger charge is 2.31. The maximum atomic E-state index is 2.26. The predicted octanol–water partition coefficient (Wildman–Crippen LogP) is 2.81. The number of hydrogen-bond donors (Lipinski definition) is 0. The van der Waals surface area contributed by atoms with Gasteiger partial charge in [0.2, 0.25) is 0 Å². The van der Waals surface area contributed by atoms with Crippen molar-refractivity contribution >= 4 is 11.8 Å². The molecule has 0 aromatic carbocycles. The average molecular weight is 128 g/mol. The van der Waals surface area contributed by atoms with Crippen LogP contribution in [0.3, 0.4) is 0 Å². The van der Waals surface area contributed by atoms with Crippen LogP contribution in [0, 0.1) is 0 Å². The first-order valence-electron chi connectivity index (χ1n) is 2.91. The molecule has 8 heavy (non-hydrogen) atoms. The van der Waals surface area contributed by atoms with Gasteiger partial charge in [-0.2, -0.15) is 0 Å². The van der Waals surface area contributed by atoms with E-state index < -0.39 is 0 Å². The molecule has 1 rings (SSSR count). The lowest BCUT2D eigenvalue weighted by Crippen LogP contribution is -2.25. The number of thioether (sulfide) groups is 1. The van der Waals surface area contributed by atoms with Crippen LogP contribution >= 0.6 is 11.8 Å². The molecular formula is C7H12S. The van der Waals surface area contributed by atoms with Crippen molar-refractivity contribution in [3.63, 3.8) is 0 Å². The highest BCUT2D eigenvalue weighted by Crippen LogP contribution is 2.49. The lowest BCUT2D eigenvalue weighted by Gasteiger charge is -2.36. The first-order chi connectivity index (χ1) is 3.54. The highest BCUT2D eigenvalue weighted by atomic mass is 32.2. The molecule has 0 aromatic heterocycles. The van der Waals surface area contributed by atoms with Gasteiger partial charge in [0.1, 0.15) is 0 Å². The summed E-state index contributed by atoms with van der Waals surface area (Å²) in [4.78, 5) is 1.51. The lowest BCUT2D eigenvalue weighted by molar-refractivity contribution is 0.804. The molecule has 0 amide bonds. The Morgan fingerprint density at radius 1 is 1.25 bits per heavy atom. The second-order valence-electron chi connectivity index (χ2n) is 2.79. The Bertz CT molecular complexity index is 142. The number of rotatable bonds is 0. The van der Waals surface area contributed by atoms with Gasteiger partial charge in [-0.1, -0.05) is 0 Å². The van der Waals surface area contributed by atoms with Crippen molar-refractivity contribution in [2.75, 3.05) is 0 Å². The summed E-state index contributed by atoms with van der Waals surface area (Å²) in [6.07, 6.45) is 0. The van der Waals surface area contributed by atoms with Gasteiger partial charge in [-0.3, -0.25) is 0 Å². The van der Waals surface area contributed by atoms with Gasteiger partial charge in [0.05, 0.1) is 0 Å². The van der Waals surface area contributed by atoms with Crippen LogP contribution < -0.4 is 0 Å². The zero-order valence-electron chi connectivity index (χ0n) is 5.91. The largest absolute Gasteiger partial charge is 0.120 e. The molecule has 46 valence electrons. The van der Waals surface area contributed by atoms with Crippen molar-refractivity contribution in [2.24, 2.45) is 0 Å². The zero-order valence-corrected chi connectivity index (χ0v) is 6.72. The second kappa shape index (κ2) is 1.53. The minimum absolute atomic E-state index is 0.448. The minimum Gasteiger partial charge on any atom is -0.120 e. The molecule has 0 aromatic rings. The van der Waals surface area contributed by atoms with Crippen LogP contribution in [0.1, 0.15) is 27.7 Å². The molecule has 0 atom stereocenters. The van der Waals surface area contributed by atoms with E-state index >= 15 is 0 Å². The van der Waals surface area contributed by atoms with Gasteiger partial charge in [0, 0.05) is 4.75 Å². The SMILES string of the molecule is CC1=C(C)C(C)(C)S1. The second-order valence-corrected chi connectivity index (χ2v) is 4.63. The van der Waals surface area contributed by atoms with Crippen LogP contribution in [0.2, 0.25) is 0 Å². The topological polar surface area (TPSA) is 0 Å². The molecule has 0 unspecified atom stereocenters. The van der Waals surface area contributed by atoms with Crippen LogP contribution in [0.5, 0.6) is 0 Å². The Kier molecular flexibility index (Phi) is 1.19. The first-order valence-corrected chi connectivity index (χ1v) is 3.72. The molecule has 0 fully saturated rings. The maximum Gasteiger partial charge on any atom is 0.0363 e. The van der Waals surface area contributed by atoms with E-state index in [1.165, 1.54) is 4.91 Å². The summed E-state index contributed by atoms with van der Waals surface area (Å²) in [5, 5.41) is 0. The summed E-state index contributed by atoms with van der Waals surface area (Å²) < 4.78 is 0.448. The standard InChI is InChI=1S/C7H12S/c1-5-6(2)8-7(5,3)4/h1-4H3. The Morgan fingerprint density at radius 3 is 1.75 bits per heavy atom. The third kappa shape index (κ3) is 0.693. The summed E-state index contributed by atoms with van der Waals surface area (Å²) >= 11 is 1.97. The zero-order chi connectivity index (χ0) is 6.36. The van der Waals surface area contributed by atoms with E-state index in [4.69, 9.17) is 0 Å². The molecule has 0 saturated carbocycles. The van der Waals surface area contributed by atoms with E-state index in [1.54, 1.807) is 5.57 Å². The summed E-state index contributed by atoms with van der Waals surface area (Å²) in [7, 11) is 0. The molecule has 1 aliphatic heterocycles. The molecule has 1 heterocycles. The van der Waals surface area contributed by atoms with Gasteiger partial charge >= 0.3 is 0 Å². The number of allylic oxidation sites excluding steroid dienone is 1. The Morgan fingerprint density at radius 2 is 1.75 bits per heavy atom. The van der Waals surface area contributed by atoms with Crippen molar-refractivity contribution in [3.8, 4) is 0 Å². The fraction of sp³-hybridized carbons (Fsp3) is 0.714. The van der Waals surface area contributed by atoms with Crippen molar-refractivity contribution in [3.05, 3.63) is 10.5 Å². The van der Waals surface area contributed by atoms with Crippen molar-refractivity contribution in [1.29, 1.82) is 0 Å². The average Bonchev–Trinajstić information content (AvgIpc) is 1.65. The molecule has 0 radical (unpaired) electrons. The molecule has 0 aliphatic carbocycles. The van der Waals surface area contributed by atoms with Crippen molar-refractivity contribution in [1.82, 2.24) is 0 Å². The fourth-order valence-corrected chi connectivity index (χ4v) is 2.24. The summed E-state index contributed by atoms with van der Waals surface area (Å²) in [5.74, 6) is 0. The fourth-order valence-electron chi connectivity index (χ4n) is 0.913. The molecule has 1 heteroatoms. The van der Waals surface area contributed by atoms with E-state index in [-0.39, 0.29) is 0 Å². The predicted molar refractivity (Wildman–Crippen MR) is 40.0 cm³/mol. The van der Waals surface area contributed by atoms with E-state index in [9.17, 15) is 0 Å². The molecule has 0 N–H and O–H groups in total. The van der Waals surface area contributed by atoms with E-state index in [0.29, 0.717) is 4.75 Å². The van der Waals surface area contributed by atoms with E-state index in [2.05, 4.69) is 27.7 Å². The van der Waals surface area contributed by atoms with Crippen LogP contribution in [-0.2, 0) is 0 Å². The Hall–Kier alpha value is 0.0900. The summed E-state index contributed by atoms with van der Waals surface area (Å²) in [6.45, 7) is 8.93. The smallest absolute Gasteiger partial charge is 0.0363 e. The Labute approximate surface area is 55.4 Å². The third-order valence-corrected chi connectivity index (χ3v) is 3.27. The number of hydrogen-bond acceptors (Lipinski definition) is 1. The molecular weight excluding hydrogens is 116 g/mol. The summed E-state index contributed by atoms with van der Waals surface area (Å²) in [5.41, 5.74) is 1.56. The maximum absolute atomic E-state index is 2.26.